The van der Waals surface area contributed by atoms with E-state index in [9.17, 15) is 26.4 Å². The second kappa shape index (κ2) is 5.49. The molecule has 1 unspecified atom stereocenters. The molecule has 1 aliphatic rings. The molecule has 0 N–H and O–H groups in total. The highest BCUT2D eigenvalue weighted by atomic mass is 35.7. The van der Waals surface area contributed by atoms with Crippen molar-refractivity contribution in [1.29, 1.82) is 0 Å². The molecule has 1 aliphatic heterocycles. The maximum atomic E-state index is 12.9. The van der Waals surface area contributed by atoms with Crippen LogP contribution in [0.15, 0.2) is 24.3 Å². The van der Waals surface area contributed by atoms with Crippen LogP contribution in [0.25, 0.3) is 0 Å². The van der Waals surface area contributed by atoms with E-state index in [0.29, 0.717) is 0 Å². The molecule has 0 saturated carbocycles. The fourth-order valence-corrected chi connectivity index (χ4v) is 3.68. The zero-order chi connectivity index (χ0) is 15.8. The van der Waals surface area contributed by atoms with Gasteiger partial charge >= 0.3 is 6.18 Å². The highest BCUT2D eigenvalue weighted by Gasteiger charge is 2.39. The summed E-state index contributed by atoms with van der Waals surface area (Å²) in [5.74, 6) is -1.59. The lowest BCUT2D eigenvalue weighted by Gasteiger charge is -2.21. The third-order valence-corrected chi connectivity index (χ3v) is 4.39. The number of rotatable bonds is 3. The number of anilines is 1. The Morgan fingerprint density at radius 1 is 1.29 bits per heavy atom. The van der Waals surface area contributed by atoms with Crippen LogP contribution in [0.5, 0.6) is 0 Å². The van der Waals surface area contributed by atoms with E-state index in [1.807, 2.05) is 0 Å². The first-order valence-corrected chi connectivity index (χ1v) is 8.44. The molecule has 21 heavy (non-hydrogen) atoms. The van der Waals surface area contributed by atoms with Crippen LogP contribution in [0.1, 0.15) is 12.0 Å². The summed E-state index contributed by atoms with van der Waals surface area (Å²) in [5, 5.41) is 0. The van der Waals surface area contributed by atoms with Crippen molar-refractivity contribution in [3.8, 4) is 0 Å². The number of halogens is 4. The number of carbonyl (C=O) groups excluding carboxylic acids is 1. The van der Waals surface area contributed by atoms with Crippen LogP contribution in [0.4, 0.5) is 18.9 Å². The molecule has 0 radical (unpaired) electrons. The minimum Gasteiger partial charge on any atom is -0.311 e. The highest BCUT2D eigenvalue weighted by Crippen LogP contribution is 2.38. The van der Waals surface area contributed by atoms with E-state index in [4.69, 9.17) is 10.7 Å². The number of carbonyl (C=O) groups is 1. The summed E-state index contributed by atoms with van der Waals surface area (Å²) >= 11 is 0. The summed E-state index contributed by atoms with van der Waals surface area (Å²) in [7, 11) is 1.32. The Balaban J connectivity index is 2.30. The predicted octanol–water partition coefficient (Wildman–Crippen LogP) is 2.63. The van der Waals surface area contributed by atoms with Crippen LogP contribution in [-0.4, -0.2) is 26.6 Å². The predicted molar refractivity (Wildman–Crippen MR) is 71.5 cm³/mol. The van der Waals surface area contributed by atoms with Crippen molar-refractivity contribution in [2.45, 2.75) is 12.6 Å². The van der Waals surface area contributed by atoms with E-state index in [0.717, 1.165) is 11.0 Å². The van der Waals surface area contributed by atoms with E-state index < -0.39 is 38.4 Å². The molecule has 9 heteroatoms. The average molecular weight is 342 g/mol. The third-order valence-electron chi connectivity index (χ3n) is 3.14. The molecule has 1 atom stereocenters. The molecule has 0 aliphatic carbocycles. The number of para-hydroxylation sites is 1. The van der Waals surface area contributed by atoms with Crippen molar-refractivity contribution in [2.75, 3.05) is 17.2 Å². The van der Waals surface area contributed by atoms with Gasteiger partial charge in [0.25, 0.3) is 0 Å². The van der Waals surface area contributed by atoms with Gasteiger partial charge in [-0.05, 0) is 12.1 Å². The van der Waals surface area contributed by atoms with Crippen LogP contribution in [0, 0.1) is 5.92 Å². The largest absolute Gasteiger partial charge is 0.418 e. The SMILES string of the molecule is O=C1CC(CS(=O)(=O)Cl)CN1c1ccccc1C(F)(F)F. The normalized spacial score (nSPS) is 20.1. The van der Waals surface area contributed by atoms with Gasteiger partial charge < -0.3 is 4.90 Å². The Kier molecular flexibility index (Phi) is 4.21. The summed E-state index contributed by atoms with van der Waals surface area (Å²) in [5.41, 5.74) is -1.18. The summed E-state index contributed by atoms with van der Waals surface area (Å²) in [6.45, 7) is -0.0993. The fourth-order valence-electron chi connectivity index (χ4n) is 2.36. The van der Waals surface area contributed by atoms with Crippen molar-refractivity contribution in [1.82, 2.24) is 0 Å². The maximum absolute atomic E-state index is 12.9. The van der Waals surface area contributed by atoms with Crippen molar-refractivity contribution >= 4 is 31.3 Å². The second-order valence-electron chi connectivity index (χ2n) is 4.79. The van der Waals surface area contributed by atoms with Crippen molar-refractivity contribution in [3.63, 3.8) is 0 Å². The van der Waals surface area contributed by atoms with Gasteiger partial charge in [0, 0.05) is 29.6 Å². The van der Waals surface area contributed by atoms with Crippen molar-refractivity contribution < 1.29 is 26.4 Å². The average Bonchev–Trinajstić information content (AvgIpc) is 2.66. The van der Waals surface area contributed by atoms with E-state index in [2.05, 4.69) is 0 Å². The number of nitrogens with zero attached hydrogens (tertiary/aromatic N) is 1. The minimum atomic E-state index is -4.59. The maximum Gasteiger partial charge on any atom is 0.418 e. The first-order valence-electron chi connectivity index (χ1n) is 5.97. The lowest BCUT2D eigenvalue weighted by atomic mass is 10.1. The Labute approximate surface area is 123 Å². The topological polar surface area (TPSA) is 54.5 Å². The first-order chi connectivity index (χ1) is 9.58. The highest BCUT2D eigenvalue weighted by molar-refractivity contribution is 8.13. The zero-order valence-corrected chi connectivity index (χ0v) is 12.2. The van der Waals surface area contributed by atoms with E-state index in [1.165, 1.54) is 18.2 Å². The van der Waals surface area contributed by atoms with Gasteiger partial charge in [-0.15, -0.1) is 0 Å². The Bertz CT molecular complexity index is 660. The molecule has 4 nitrogen and oxygen atoms in total. The molecule has 0 aromatic heterocycles. The van der Waals surface area contributed by atoms with Crippen LogP contribution in [-0.2, 0) is 20.0 Å². The monoisotopic (exact) mass is 341 g/mol. The van der Waals surface area contributed by atoms with Crippen LogP contribution >= 0.6 is 10.7 Å². The van der Waals surface area contributed by atoms with Crippen LogP contribution < -0.4 is 4.90 Å². The number of amides is 1. The van der Waals surface area contributed by atoms with Gasteiger partial charge in [0.15, 0.2) is 0 Å². The molecule has 1 aromatic rings. The molecule has 1 fully saturated rings. The lowest BCUT2D eigenvalue weighted by molar-refractivity contribution is -0.137. The van der Waals surface area contributed by atoms with Gasteiger partial charge in [-0.3, -0.25) is 4.79 Å². The summed E-state index contributed by atoms with van der Waals surface area (Å²) < 4.78 is 60.9. The Hall–Kier alpha value is -1.28. The van der Waals surface area contributed by atoms with E-state index >= 15 is 0 Å². The van der Waals surface area contributed by atoms with Crippen LogP contribution in [0.2, 0.25) is 0 Å². The first kappa shape index (κ1) is 16.1. The van der Waals surface area contributed by atoms with Crippen molar-refractivity contribution in [3.05, 3.63) is 29.8 Å². The summed E-state index contributed by atoms with van der Waals surface area (Å²) in [4.78, 5) is 12.8. The Morgan fingerprint density at radius 2 is 1.90 bits per heavy atom. The van der Waals surface area contributed by atoms with Crippen molar-refractivity contribution in [2.24, 2.45) is 5.92 Å². The molecule has 1 heterocycles. The molecule has 116 valence electrons. The van der Waals surface area contributed by atoms with Gasteiger partial charge in [-0.2, -0.15) is 13.2 Å². The Morgan fingerprint density at radius 3 is 2.48 bits per heavy atom. The second-order valence-corrected chi connectivity index (χ2v) is 7.62. The van der Waals surface area contributed by atoms with Gasteiger partial charge in [0.05, 0.1) is 17.0 Å². The van der Waals surface area contributed by atoms with Gasteiger partial charge in [-0.25, -0.2) is 8.42 Å². The zero-order valence-electron chi connectivity index (χ0n) is 10.6. The van der Waals surface area contributed by atoms with E-state index in [1.54, 1.807) is 0 Å². The lowest BCUT2D eigenvalue weighted by Crippen LogP contribution is -2.27. The molecule has 0 spiro atoms. The molecular formula is C12H11ClF3NO3S. The summed E-state index contributed by atoms with van der Waals surface area (Å²) in [6.07, 6.45) is -4.73. The number of hydrogen-bond acceptors (Lipinski definition) is 3. The number of alkyl halides is 3. The minimum absolute atomic E-state index is 0.0993. The number of hydrogen-bond donors (Lipinski definition) is 0. The molecular weight excluding hydrogens is 331 g/mol. The molecule has 2 rings (SSSR count). The molecule has 1 saturated heterocycles. The smallest absolute Gasteiger partial charge is 0.311 e. The number of benzene rings is 1. The standard InChI is InChI=1S/C12H11ClF3NO3S/c13-21(19,20)7-8-5-11(18)17(6-8)10-4-2-1-3-9(10)12(14,15)16/h1-4,8H,5-7H2. The molecule has 0 bridgehead atoms. The quantitative estimate of drug-likeness (QED) is 0.794. The summed E-state index contributed by atoms with van der Waals surface area (Å²) in [6, 6.07) is 4.70. The van der Waals surface area contributed by atoms with Crippen LogP contribution in [0.3, 0.4) is 0 Å². The van der Waals surface area contributed by atoms with Gasteiger partial charge in [-0.1, -0.05) is 12.1 Å². The fraction of sp³-hybridized carbons (Fsp3) is 0.417. The van der Waals surface area contributed by atoms with E-state index in [-0.39, 0.29) is 18.7 Å². The van der Waals surface area contributed by atoms with Gasteiger partial charge in [0.1, 0.15) is 0 Å². The third kappa shape index (κ3) is 3.88. The molecule has 1 amide bonds. The van der Waals surface area contributed by atoms with Gasteiger partial charge in [0.2, 0.25) is 15.0 Å². The molecule has 1 aromatic carbocycles.